The zero-order valence-corrected chi connectivity index (χ0v) is 21.9. The molecule has 0 aromatic heterocycles. The summed E-state index contributed by atoms with van der Waals surface area (Å²) in [6.07, 6.45) is -0.734. The first-order valence-corrected chi connectivity index (χ1v) is 12.6. The second-order valence-corrected chi connectivity index (χ2v) is 10.3. The summed E-state index contributed by atoms with van der Waals surface area (Å²) in [5, 5.41) is 36.7. The average molecular weight is 521 g/mol. The number of aromatic hydroxyl groups is 2. The lowest BCUT2D eigenvalue weighted by Crippen LogP contribution is -2.49. The number of phenolic OH excluding ortho intramolecular Hbond substituents is 2. The van der Waals surface area contributed by atoms with Crippen molar-refractivity contribution in [2.75, 3.05) is 0 Å². The van der Waals surface area contributed by atoms with Crippen molar-refractivity contribution in [1.29, 1.82) is 0 Å². The van der Waals surface area contributed by atoms with Crippen LogP contribution in [0.1, 0.15) is 48.7 Å². The summed E-state index contributed by atoms with van der Waals surface area (Å²) in [6.45, 7) is 5.33. The van der Waals surface area contributed by atoms with E-state index in [1.54, 1.807) is 20.8 Å². The molecule has 0 heterocycles. The number of phenols is 2. The molecular formula is C30H36N2O6. The molecule has 0 saturated carbocycles. The number of amides is 2. The van der Waals surface area contributed by atoms with Gasteiger partial charge in [0.2, 0.25) is 0 Å². The van der Waals surface area contributed by atoms with Crippen molar-refractivity contribution >= 4 is 12.0 Å². The summed E-state index contributed by atoms with van der Waals surface area (Å²) in [5.41, 5.74) is 1.24. The van der Waals surface area contributed by atoms with E-state index in [4.69, 9.17) is 4.74 Å². The van der Waals surface area contributed by atoms with Crippen LogP contribution in [0.15, 0.2) is 78.9 Å². The maximum atomic E-state index is 13.0. The lowest BCUT2D eigenvalue weighted by atomic mass is 9.93. The van der Waals surface area contributed by atoms with Crippen LogP contribution in [0, 0.1) is 0 Å². The fraction of sp³-hybridized carbons (Fsp3) is 0.333. The molecule has 0 spiro atoms. The Kier molecular flexibility index (Phi) is 9.73. The highest BCUT2D eigenvalue weighted by Gasteiger charge is 2.28. The van der Waals surface area contributed by atoms with Gasteiger partial charge in [0, 0.05) is 17.7 Å². The number of hydrogen-bond donors (Lipinski definition) is 5. The number of nitrogens with one attached hydrogen (secondary N) is 2. The molecule has 38 heavy (non-hydrogen) atoms. The van der Waals surface area contributed by atoms with Crippen molar-refractivity contribution in [2.45, 2.75) is 63.8 Å². The van der Waals surface area contributed by atoms with Crippen LogP contribution >= 0.6 is 0 Å². The molecule has 3 aromatic rings. The van der Waals surface area contributed by atoms with Crippen LogP contribution in [-0.4, -0.2) is 51.1 Å². The van der Waals surface area contributed by atoms with Gasteiger partial charge in [-0.25, -0.2) is 4.79 Å². The Morgan fingerprint density at radius 1 is 0.816 bits per heavy atom. The Bertz CT molecular complexity index is 1170. The molecular weight excluding hydrogens is 484 g/mol. The minimum absolute atomic E-state index is 0.0560. The summed E-state index contributed by atoms with van der Waals surface area (Å²) in [6, 6.07) is 21.4. The van der Waals surface area contributed by atoms with E-state index in [2.05, 4.69) is 10.6 Å². The van der Waals surface area contributed by atoms with Crippen LogP contribution in [0.5, 0.6) is 11.5 Å². The topological polar surface area (TPSA) is 128 Å². The molecule has 2 amide bonds. The molecule has 8 nitrogen and oxygen atoms in total. The zero-order valence-electron chi connectivity index (χ0n) is 21.9. The van der Waals surface area contributed by atoms with E-state index in [0.29, 0.717) is 12.8 Å². The van der Waals surface area contributed by atoms with Gasteiger partial charge in [0.25, 0.3) is 5.91 Å². The summed E-state index contributed by atoms with van der Waals surface area (Å²) in [5.74, 6) is -1.06. The molecule has 3 rings (SSSR count). The first-order valence-electron chi connectivity index (χ1n) is 12.6. The molecule has 0 aliphatic rings. The third-order valence-corrected chi connectivity index (χ3v) is 5.82. The second kappa shape index (κ2) is 13.0. The van der Waals surface area contributed by atoms with Crippen LogP contribution in [-0.2, 0) is 17.6 Å². The minimum Gasteiger partial charge on any atom is -0.508 e. The predicted octanol–water partition coefficient (Wildman–Crippen LogP) is 4.33. The summed E-state index contributed by atoms with van der Waals surface area (Å²) in [7, 11) is 0. The fourth-order valence-electron chi connectivity index (χ4n) is 4.15. The van der Waals surface area contributed by atoms with E-state index in [9.17, 15) is 24.9 Å². The van der Waals surface area contributed by atoms with E-state index in [0.717, 1.165) is 17.2 Å². The van der Waals surface area contributed by atoms with Crippen molar-refractivity contribution in [3.05, 3.63) is 95.6 Å². The lowest BCUT2D eigenvalue weighted by Gasteiger charge is -2.29. The number of aliphatic hydroxyl groups excluding tert-OH is 1. The molecule has 8 heteroatoms. The van der Waals surface area contributed by atoms with Crippen molar-refractivity contribution in [1.82, 2.24) is 10.6 Å². The number of aliphatic hydroxyl groups is 1. The number of carbonyl (C=O) groups is 2. The van der Waals surface area contributed by atoms with Crippen LogP contribution in [0.25, 0.3) is 0 Å². The SMILES string of the molecule is CC(C)(C)OC(=O)NC(Cc1ccccc1)CC(O)C(Cc1ccccc1)NC(=O)c1cc(O)cc(O)c1. The second-order valence-electron chi connectivity index (χ2n) is 10.3. The maximum Gasteiger partial charge on any atom is 0.407 e. The number of rotatable bonds is 10. The van der Waals surface area contributed by atoms with E-state index in [1.807, 2.05) is 60.7 Å². The molecule has 0 saturated heterocycles. The summed E-state index contributed by atoms with van der Waals surface area (Å²) in [4.78, 5) is 25.6. The first-order chi connectivity index (χ1) is 18.0. The summed E-state index contributed by atoms with van der Waals surface area (Å²) >= 11 is 0. The monoisotopic (exact) mass is 520 g/mol. The minimum atomic E-state index is -1.05. The van der Waals surface area contributed by atoms with Gasteiger partial charge in [0.1, 0.15) is 17.1 Å². The number of alkyl carbamates (subject to hydrolysis) is 1. The van der Waals surface area contributed by atoms with Gasteiger partial charge < -0.3 is 30.7 Å². The fourth-order valence-corrected chi connectivity index (χ4v) is 4.15. The predicted molar refractivity (Wildman–Crippen MR) is 145 cm³/mol. The zero-order chi connectivity index (χ0) is 27.7. The van der Waals surface area contributed by atoms with Gasteiger partial charge >= 0.3 is 6.09 Å². The molecule has 0 bridgehead atoms. The van der Waals surface area contributed by atoms with Crippen molar-refractivity contribution in [3.8, 4) is 11.5 Å². The van der Waals surface area contributed by atoms with Crippen LogP contribution < -0.4 is 10.6 Å². The maximum absolute atomic E-state index is 13.0. The molecule has 0 radical (unpaired) electrons. The van der Waals surface area contributed by atoms with Gasteiger partial charge in [-0.3, -0.25) is 4.79 Å². The standard InChI is InChI=1S/C30H36N2O6/c1-30(2,3)38-29(37)31-23(14-20-10-6-4-7-11-20)18-27(35)26(15-21-12-8-5-9-13-21)32-28(36)22-16-24(33)19-25(34)17-22/h4-13,16-17,19,23,26-27,33-35H,14-15,18H2,1-3H3,(H,31,37)(H,32,36). The molecule has 3 atom stereocenters. The molecule has 0 aliphatic heterocycles. The van der Waals surface area contributed by atoms with Crippen molar-refractivity contribution in [3.63, 3.8) is 0 Å². The quantitative estimate of drug-likeness (QED) is 0.271. The normalized spacial score (nSPS) is 13.7. The van der Waals surface area contributed by atoms with Gasteiger partial charge in [-0.05, 0) is 63.3 Å². The molecule has 3 aromatic carbocycles. The largest absolute Gasteiger partial charge is 0.508 e. The molecule has 3 unspecified atom stereocenters. The van der Waals surface area contributed by atoms with E-state index < -0.39 is 35.8 Å². The Morgan fingerprint density at radius 3 is 1.87 bits per heavy atom. The van der Waals surface area contributed by atoms with Crippen LogP contribution in [0.4, 0.5) is 4.79 Å². The smallest absolute Gasteiger partial charge is 0.407 e. The molecule has 202 valence electrons. The number of hydrogen-bond acceptors (Lipinski definition) is 6. The van der Waals surface area contributed by atoms with Gasteiger partial charge in [-0.2, -0.15) is 0 Å². The number of ether oxygens (including phenoxy) is 1. The Balaban J connectivity index is 1.82. The Morgan fingerprint density at radius 2 is 1.34 bits per heavy atom. The van der Waals surface area contributed by atoms with E-state index in [1.165, 1.54) is 12.1 Å². The van der Waals surface area contributed by atoms with Crippen LogP contribution in [0.3, 0.4) is 0 Å². The average Bonchev–Trinajstić information content (AvgIpc) is 2.83. The van der Waals surface area contributed by atoms with Crippen molar-refractivity contribution < 1.29 is 29.6 Å². The van der Waals surface area contributed by atoms with Crippen LogP contribution in [0.2, 0.25) is 0 Å². The molecule has 5 N–H and O–H groups in total. The highest BCUT2D eigenvalue weighted by atomic mass is 16.6. The van der Waals surface area contributed by atoms with Gasteiger partial charge in [0.15, 0.2) is 0 Å². The summed E-state index contributed by atoms with van der Waals surface area (Å²) < 4.78 is 5.44. The molecule has 0 aliphatic carbocycles. The highest BCUT2D eigenvalue weighted by molar-refractivity contribution is 5.95. The Labute approximate surface area is 223 Å². The highest BCUT2D eigenvalue weighted by Crippen LogP contribution is 2.21. The first kappa shape index (κ1) is 28.5. The third kappa shape index (κ3) is 9.44. The van der Waals surface area contributed by atoms with Gasteiger partial charge in [0.05, 0.1) is 12.1 Å². The van der Waals surface area contributed by atoms with Gasteiger partial charge in [-0.1, -0.05) is 60.7 Å². The number of carbonyl (C=O) groups excluding carboxylic acids is 2. The molecule has 0 fully saturated rings. The number of benzene rings is 3. The van der Waals surface area contributed by atoms with E-state index in [-0.39, 0.29) is 23.5 Å². The van der Waals surface area contributed by atoms with Gasteiger partial charge in [-0.15, -0.1) is 0 Å². The third-order valence-electron chi connectivity index (χ3n) is 5.82. The Hall–Kier alpha value is -4.04. The van der Waals surface area contributed by atoms with E-state index >= 15 is 0 Å². The lowest BCUT2D eigenvalue weighted by molar-refractivity contribution is 0.0463. The van der Waals surface area contributed by atoms with Crippen molar-refractivity contribution in [2.24, 2.45) is 0 Å².